The van der Waals surface area contributed by atoms with E-state index in [1.807, 2.05) is 13.8 Å². The maximum Gasteiger partial charge on any atom is 0.416 e. The van der Waals surface area contributed by atoms with Crippen LogP contribution in [0.4, 0.5) is 13.2 Å². The number of nitrogens with zero attached hydrogens (tertiary/aromatic N) is 2. The summed E-state index contributed by atoms with van der Waals surface area (Å²) in [6.07, 6.45) is -0.677. The number of hydrogen-bond acceptors (Lipinski definition) is 2. The van der Waals surface area contributed by atoms with Gasteiger partial charge in [-0.05, 0) is 38.3 Å². The summed E-state index contributed by atoms with van der Waals surface area (Å²) in [7, 11) is 1.71. The van der Waals surface area contributed by atoms with E-state index in [2.05, 4.69) is 0 Å². The highest BCUT2D eigenvalue weighted by molar-refractivity contribution is 5.84. The second-order valence-corrected chi connectivity index (χ2v) is 8.60. The van der Waals surface area contributed by atoms with Crippen molar-refractivity contribution in [3.05, 3.63) is 35.4 Å². The molecule has 7 heteroatoms. The molecule has 1 saturated carbocycles. The number of halogens is 3. The minimum Gasteiger partial charge on any atom is -0.343 e. The lowest BCUT2D eigenvalue weighted by Gasteiger charge is -2.27. The van der Waals surface area contributed by atoms with Crippen LogP contribution in [0.2, 0.25) is 0 Å². The normalized spacial score (nSPS) is 23.1. The molecule has 1 aliphatic carbocycles. The van der Waals surface area contributed by atoms with Crippen molar-refractivity contribution in [2.75, 3.05) is 20.1 Å². The Balaban J connectivity index is 1.90. The van der Waals surface area contributed by atoms with Gasteiger partial charge in [0.25, 0.3) is 0 Å². The van der Waals surface area contributed by atoms with Crippen LogP contribution in [0.25, 0.3) is 0 Å². The van der Waals surface area contributed by atoms with Crippen molar-refractivity contribution >= 4 is 11.8 Å². The van der Waals surface area contributed by atoms with E-state index in [-0.39, 0.29) is 30.3 Å². The van der Waals surface area contributed by atoms with Gasteiger partial charge in [0.2, 0.25) is 11.8 Å². The fourth-order valence-electron chi connectivity index (χ4n) is 4.46. The molecular weight excluding hydrogens is 381 g/mol. The average molecular weight is 410 g/mol. The Labute approximate surface area is 170 Å². The van der Waals surface area contributed by atoms with Crippen LogP contribution < -0.4 is 0 Å². The molecule has 160 valence electrons. The van der Waals surface area contributed by atoms with Gasteiger partial charge in [0.1, 0.15) is 0 Å². The Morgan fingerprint density at radius 2 is 1.79 bits per heavy atom. The Kier molecular flexibility index (Phi) is 6.24. The first kappa shape index (κ1) is 21.7. The average Bonchev–Trinajstić information content (AvgIpc) is 3.35. The molecule has 0 bridgehead atoms. The molecule has 0 radical (unpaired) electrons. The van der Waals surface area contributed by atoms with Crippen LogP contribution in [0.15, 0.2) is 24.3 Å². The van der Waals surface area contributed by atoms with Crippen LogP contribution in [0.5, 0.6) is 0 Å². The zero-order valence-electron chi connectivity index (χ0n) is 17.2. The zero-order chi connectivity index (χ0) is 21.3. The lowest BCUT2D eigenvalue weighted by atomic mass is 9.87. The van der Waals surface area contributed by atoms with Gasteiger partial charge < -0.3 is 9.80 Å². The van der Waals surface area contributed by atoms with E-state index in [0.717, 1.165) is 37.8 Å². The van der Waals surface area contributed by atoms with Crippen LogP contribution in [0.1, 0.15) is 56.6 Å². The molecule has 2 atom stereocenters. The van der Waals surface area contributed by atoms with Crippen LogP contribution >= 0.6 is 0 Å². The minimum atomic E-state index is -4.44. The molecule has 2 fully saturated rings. The summed E-state index contributed by atoms with van der Waals surface area (Å²) in [4.78, 5) is 29.4. The van der Waals surface area contributed by atoms with Crippen molar-refractivity contribution in [1.29, 1.82) is 0 Å². The molecule has 0 spiro atoms. The first-order valence-electron chi connectivity index (χ1n) is 10.3. The number of hydrogen-bond donors (Lipinski definition) is 0. The second-order valence-electron chi connectivity index (χ2n) is 8.60. The third-order valence-electron chi connectivity index (χ3n) is 6.42. The van der Waals surface area contributed by atoms with Gasteiger partial charge in [-0.3, -0.25) is 9.59 Å². The maximum atomic E-state index is 13.2. The van der Waals surface area contributed by atoms with E-state index in [4.69, 9.17) is 0 Å². The van der Waals surface area contributed by atoms with Crippen LogP contribution in [0, 0.1) is 11.8 Å². The van der Waals surface area contributed by atoms with E-state index in [1.54, 1.807) is 22.9 Å². The molecule has 0 N–H and O–H groups in total. The van der Waals surface area contributed by atoms with Gasteiger partial charge in [0.15, 0.2) is 0 Å². The highest BCUT2D eigenvalue weighted by Gasteiger charge is 2.44. The number of amides is 2. The van der Waals surface area contributed by atoms with Crippen LogP contribution in [0.3, 0.4) is 0 Å². The largest absolute Gasteiger partial charge is 0.416 e. The van der Waals surface area contributed by atoms with E-state index >= 15 is 0 Å². The van der Waals surface area contributed by atoms with E-state index in [1.165, 1.54) is 6.07 Å². The molecule has 2 unspecified atom stereocenters. The molecule has 1 aromatic rings. The van der Waals surface area contributed by atoms with Crippen molar-refractivity contribution in [1.82, 2.24) is 9.80 Å². The number of rotatable bonds is 4. The van der Waals surface area contributed by atoms with Gasteiger partial charge in [-0.15, -0.1) is 0 Å². The first-order valence-corrected chi connectivity index (χ1v) is 10.3. The molecule has 1 aromatic carbocycles. The summed E-state index contributed by atoms with van der Waals surface area (Å²) in [5.41, 5.74) is -0.254. The fourth-order valence-corrected chi connectivity index (χ4v) is 4.46. The number of likely N-dealkylation sites (tertiary alicyclic amines) is 1. The third-order valence-corrected chi connectivity index (χ3v) is 6.42. The summed E-state index contributed by atoms with van der Waals surface area (Å²) in [5.74, 6) is -1.06. The van der Waals surface area contributed by atoms with Crippen molar-refractivity contribution < 1.29 is 22.8 Å². The monoisotopic (exact) mass is 410 g/mol. The van der Waals surface area contributed by atoms with Gasteiger partial charge in [-0.2, -0.15) is 13.2 Å². The Bertz CT molecular complexity index is 757. The number of benzene rings is 1. The molecular formula is C22H29F3N2O2. The molecule has 3 rings (SSSR count). The van der Waals surface area contributed by atoms with Gasteiger partial charge in [-0.25, -0.2) is 0 Å². The number of alkyl halides is 3. The molecule has 1 saturated heterocycles. The summed E-state index contributed by atoms with van der Waals surface area (Å²) in [5, 5.41) is 0. The summed E-state index contributed by atoms with van der Waals surface area (Å²) >= 11 is 0. The molecule has 4 nitrogen and oxygen atoms in total. The quantitative estimate of drug-likeness (QED) is 0.742. The van der Waals surface area contributed by atoms with Gasteiger partial charge in [-0.1, -0.05) is 31.0 Å². The Morgan fingerprint density at radius 3 is 2.38 bits per heavy atom. The maximum absolute atomic E-state index is 13.2. The van der Waals surface area contributed by atoms with Crippen molar-refractivity contribution in [3.8, 4) is 0 Å². The number of carbonyl (C=O) groups excluding carboxylic acids is 2. The zero-order valence-corrected chi connectivity index (χ0v) is 17.2. The van der Waals surface area contributed by atoms with E-state index in [9.17, 15) is 22.8 Å². The predicted octanol–water partition coefficient (Wildman–Crippen LogP) is 4.30. The van der Waals surface area contributed by atoms with Crippen molar-refractivity contribution in [2.45, 2.75) is 57.7 Å². The lowest BCUT2D eigenvalue weighted by Crippen LogP contribution is -2.41. The van der Waals surface area contributed by atoms with E-state index in [0.29, 0.717) is 12.1 Å². The smallest absolute Gasteiger partial charge is 0.343 e. The van der Waals surface area contributed by atoms with Gasteiger partial charge in [0, 0.05) is 38.0 Å². The molecule has 1 aliphatic heterocycles. The molecule has 0 aromatic heterocycles. The summed E-state index contributed by atoms with van der Waals surface area (Å²) in [6.45, 7) is 4.35. The highest BCUT2D eigenvalue weighted by atomic mass is 19.4. The first-order chi connectivity index (χ1) is 13.6. The fraction of sp³-hybridized carbons (Fsp3) is 0.636. The summed E-state index contributed by atoms with van der Waals surface area (Å²) < 4.78 is 39.6. The van der Waals surface area contributed by atoms with Crippen molar-refractivity contribution in [2.24, 2.45) is 11.8 Å². The molecule has 2 aliphatic rings. The number of carbonyl (C=O) groups is 2. The van der Waals surface area contributed by atoms with E-state index < -0.39 is 23.6 Å². The molecule has 1 heterocycles. The minimum absolute atomic E-state index is 0.0196. The molecule has 2 amide bonds. The highest BCUT2D eigenvalue weighted by Crippen LogP contribution is 2.39. The lowest BCUT2D eigenvalue weighted by molar-refractivity contribution is -0.138. The van der Waals surface area contributed by atoms with Gasteiger partial charge in [0.05, 0.1) is 11.5 Å². The Hall–Kier alpha value is -2.05. The topological polar surface area (TPSA) is 40.6 Å². The Morgan fingerprint density at radius 1 is 1.14 bits per heavy atom. The standard InChI is InChI=1S/C22H29F3N2O2/c1-14(2)26(3)21(29)19-13-27(20(28)15-7-4-5-8-15)12-18(19)16-9-6-10-17(11-16)22(23,24)25/h6,9-11,14-15,18-19H,4-5,7-8,12-13H2,1-3H3. The molecule has 29 heavy (non-hydrogen) atoms. The van der Waals surface area contributed by atoms with Crippen LogP contribution in [-0.4, -0.2) is 47.8 Å². The van der Waals surface area contributed by atoms with Crippen LogP contribution in [-0.2, 0) is 15.8 Å². The van der Waals surface area contributed by atoms with Gasteiger partial charge >= 0.3 is 6.18 Å². The second kappa shape index (κ2) is 8.36. The predicted molar refractivity (Wildman–Crippen MR) is 104 cm³/mol. The summed E-state index contributed by atoms with van der Waals surface area (Å²) in [6, 6.07) is 5.16. The third kappa shape index (κ3) is 4.59. The van der Waals surface area contributed by atoms with Crippen molar-refractivity contribution in [3.63, 3.8) is 0 Å². The SMILES string of the molecule is CC(C)N(C)C(=O)C1CN(C(=O)C2CCCC2)CC1c1cccc(C(F)(F)F)c1.